The van der Waals surface area contributed by atoms with E-state index < -0.39 is 5.60 Å². The molecule has 100 valence electrons. The molecule has 0 unspecified atom stereocenters. The maximum absolute atomic E-state index is 11.8. The Morgan fingerprint density at radius 2 is 1.78 bits per heavy atom. The van der Waals surface area contributed by atoms with Gasteiger partial charge < -0.3 is 9.47 Å². The molecule has 0 amide bonds. The van der Waals surface area contributed by atoms with Crippen LogP contribution in [0.25, 0.3) is 0 Å². The number of carbonyl (C=O) groups excluding carboxylic acids is 1. The number of aryl methyl sites for hydroxylation is 2. The minimum atomic E-state index is -0.987. The van der Waals surface area contributed by atoms with Crippen molar-refractivity contribution in [3.63, 3.8) is 0 Å². The molecule has 0 aliphatic rings. The number of benzene rings is 1. The lowest BCUT2D eigenvalue weighted by molar-refractivity contribution is -0.158. The Hall–Kier alpha value is -1.03. The summed E-state index contributed by atoms with van der Waals surface area (Å²) >= 11 is 3.43. The molecule has 0 N–H and O–H groups in total. The Morgan fingerprint density at radius 3 is 2.22 bits per heavy atom. The van der Waals surface area contributed by atoms with Crippen LogP contribution in [0.5, 0.6) is 5.75 Å². The summed E-state index contributed by atoms with van der Waals surface area (Å²) in [6, 6.07) is 3.92. The van der Waals surface area contributed by atoms with Crippen LogP contribution in [0.4, 0.5) is 0 Å². The molecular weight excluding hydrogens is 296 g/mol. The fraction of sp³-hybridized carbons (Fsp3) is 0.500. The molecule has 0 heterocycles. The highest BCUT2D eigenvalue weighted by atomic mass is 79.9. The summed E-state index contributed by atoms with van der Waals surface area (Å²) in [6.45, 7) is 9.47. The molecule has 3 nitrogen and oxygen atoms in total. The number of hydrogen-bond acceptors (Lipinski definition) is 3. The Bertz CT molecular complexity index is 429. The SMILES string of the molecule is CCOC(=O)C(C)(C)Oc1c(C)cc(Br)cc1C. The highest BCUT2D eigenvalue weighted by Crippen LogP contribution is 2.30. The van der Waals surface area contributed by atoms with Crippen molar-refractivity contribution in [2.24, 2.45) is 0 Å². The normalized spacial score (nSPS) is 11.2. The monoisotopic (exact) mass is 314 g/mol. The van der Waals surface area contributed by atoms with Gasteiger partial charge in [-0.3, -0.25) is 0 Å². The topological polar surface area (TPSA) is 35.5 Å². The fourth-order valence-electron chi connectivity index (χ4n) is 1.66. The molecule has 0 fully saturated rings. The molecule has 0 saturated carbocycles. The van der Waals surface area contributed by atoms with Crippen LogP contribution < -0.4 is 4.74 Å². The molecule has 0 aliphatic heterocycles. The quantitative estimate of drug-likeness (QED) is 0.793. The maximum atomic E-state index is 11.8. The van der Waals surface area contributed by atoms with Crippen LogP contribution in [0, 0.1) is 13.8 Å². The number of carbonyl (C=O) groups is 1. The van der Waals surface area contributed by atoms with E-state index in [2.05, 4.69) is 15.9 Å². The van der Waals surface area contributed by atoms with Crippen LogP contribution in [0.15, 0.2) is 16.6 Å². The van der Waals surface area contributed by atoms with Crippen molar-refractivity contribution >= 4 is 21.9 Å². The van der Waals surface area contributed by atoms with Crippen LogP contribution in [0.1, 0.15) is 31.9 Å². The lowest BCUT2D eigenvalue weighted by atomic mass is 10.1. The summed E-state index contributed by atoms with van der Waals surface area (Å²) in [5.74, 6) is 0.378. The van der Waals surface area contributed by atoms with Crippen LogP contribution in [-0.2, 0) is 9.53 Å². The third kappa shape index (κ3) is 3.48. The van der Waals surface area contributed by atoms with E-state index in [0.717, 1.165) is 21.3 Å². The second kappa shape index (κ2) is 5.74. The smallest absolute Gasteiger partial charge is 0.349 e. The van der Waals surface area contributed by atoms with Crippen LogP contribution in [-0.4, -0.2) is 18.2 Å². The summed E-state index contributed by atoms with van der Waals surface area (Å²) in [4.78, 5) is 11.8. The molecule has 1 rings (SSSR count). The first-order chi connectivity index (χ1) is 8.27. The molecule has 1 aromatic rings. The van der Waals surface area contributed by atoms with Crippen molar-refractivity contribution in [3.05, 3.63) is 27.7 Å². The van der Waals surface area contributed by atoms with E-state index >= 15 is 0 Å². The fourth-order valence-corrected chi connectivity index (χ4v) is 2.35. The first-order valence-corrected chi connectivity index (χ1v) is 6.70. The average Bonchev–Trinajstić information content (AvgIpc) is 2.23. The minimum absolute atomic E-state index is 0.351. The van der Waals surface area contributed by atoms with E-state index in [-0.39, 0.29) is 5.97 Å². The van der Waals surface area contributed by atoms with Gasteiger partial charge in [0.2, 0.25) is 0 Å². The lowest BCUT2D eigenvalue weighted by Gasteiger charge is -2.26. The van der Waals surface area contributed by atoms with E-state index in [9.17, 15) is 4.79 Å². The van der Waals surface area contributed by atoms with Gasteiger partial charge in [0, 0.05) is 4.47 Å². The van der Waals surface area contributed by atoms with E-state index in [1.807, 2.05) is 26.0 Å². The van der Waals surface area contributed by atoms with E-state index in [1.54, 1.807) is 20.8 Å². The number of ether oxygens (including phenoxy) is 2. The summed E-state index contributed by atoms with van der Waals surface area (Å²) in [6.07, 6.45) is 0. The van der Waals surface area contributed by atoms with Gasteiger partial charge in [0.05, 0.1) is 6.61 Å². The second-order valence-corrected chi connectivity index (χ2v) is 5.62. The van der Waals surface area contributed by atoms with E-state index in [4.69, 9.17) is 9.47 Å². The van der Waals surface area contributed by atoms with Crippen LogP contribution >= 0.6 is 15.9 Å². The van der Waals surface area contributed by atoms with Gasteiger partial charge >= 0.3 is 5.97 Å². The summed E-state index contributed by atoms with van der Waals surface area (Å²) in [5.41, 5.74) is 0.984. The lowest BCUT2D eigenvalue weighted by Crippen LogP contribution is -2.40. The highest BCUT2D eigenvalue weighted by Gasteiger charge is 2.32. The Labute approximate surface area is 117 Å². The first-order valence-electron chi connectivity index (χ1n) is 5.91. The van der Waals surface area contributed by atoms with Gasteiger partial charge in [-0.05, 0) is 57.9 Å². The summed E-state index contributed by atoms with van der Waals surface area (Å²) in [7, 11) is 0. The van der Waals surface area contributed by atoms with Gasteiger partial charge in [-0.25, -0.2) is 4.79 Å². The molecule has 18 heavy (non-hydrogen) atoms. The van der Waals surface area contributed by atoms with Crippen LogP contribution in [0.2, 0.25) is 0 Å². The molecule has 1 aromatic carbocycles. The highest BCUT2D eigenvalue weighted by molar-refractivity contribution is 9.10. The van der Waals surface area contributed by atoms with E-state index in [1.165, 1.54) is 0 Å². The van der Waals surface area contributed by atoms with Gasteiger partial charge in [-0.15, -0.1) is 0 Å². The Balaban J connectivity index is 3.00. The van der Waals surface area contributed by atoms with Gasteiger partial charge in [-0.2, -0.15) is 0 Å². The molecule has 0 aromatic heterocycles. The molecular formula is C14H19BrO3. The zero-order chi connectivity index (χ0) is 13.9. The predicted molar refractivity (Wildman–Crippen MR) is 75.0 cm³/mol. The van der Waals surface area contributed by atoms with Crippen molar-refractivity contribution in [3.8, 4) is 5.75 Å². The van der Waals surface area contributed by atoms with Crippen molar-refractivity contribution in [2.75, 3.05) is 6.61 Å². The molecule has 0 saturated heterocycles. The molecule has 0 bridgehead atoms. The zero-order valence-corrected chi connectivity index (χ0v) is 13.1. The average molecular weight is 315 g/mol. The number of rotatable bonds is 4. The maximum Gasteiger partial charge on any atom is 0.349 e. The second-order valence-electron chi connectivity index (χ2n) is 4.70. The van der Waals surface area contributed by atoms with E-state index in [0.29, 0.717) is 6.61 Å². The molecule has 4 heteroatoms. The van der Waals surface area contributed by atoms with Crippen LogP contribution in [0.3, 0.4) is 0 Å². The number of hydrogen-bond donors (Lipinski definition) is 0. The number of esters is 1. The Kier molecular flexibility index (Phi) is 4.79. The molecule has 0 atom stereocenters. The first kappa shape index (κ1) is 15.0. The molecule has 0 radical (unpaired) electrons. The van der Waals surface area contributed by atoms with Gasteiger partial charge in [0.1, 0.15) is 5.75 Å². The predicted octanol–water partition coefficient (Wildman–Crippen LogP) is 3.79. The van der Waals surface area contributed by atoms with Crippen molar-refractivity contribution in [1.82, 2.24) is 0 Å². The standard InChI is InChI=1S/C14H19BrO3/c1-6-17-13(16)14(4,5)18-12-9(2)7-11(15)8-10(12)3/h7-8H,6H2,1-5H3. The minimum Gasteiger partial charge on any atom is -0.476 e. The third-order valence-corrected chi connectivity index (χ3v) is 3.01. The summed E-state index contributed by atoms with van der Waals surface area (Å²) in [5, 5.41) is 0. The molecule has 0 spiro atoms. The third-order valence-electron chi connectivity index (χ3n) is 2.55. The molecule has 0 aliphatic carbocycles. The summed E-state index contributed by atoms with van der Waals surface area (Å²) < 4.78 is 11.8. The van der Waals surface area contributed by atoms with Crippen molar-refractivity contribution in [1.29, 1.82) is 0 Å². The zero-order valence-electron chi connectivity index (χ0n) is 11.5. The van der Waals surface area contributed by atoms with Gasteiger partial charge in [0.15, 0.2) is 5.60 Å². The van der Waals surface area contributed by atoms with Crippen molar-refractivity contribution < 1.29 is 14.3 Å². The van der Waals surface area contributed by atoms with Gasteiger partial charge in [0.25, 0.3) is 0 Å². The van der Waals surface area contributed by atoms with Gasteiger partial charge in [-0.1, -0.05) is 15.9 Å². The van der Waals surface area contributed by atoms with Crippen molar-refractivity contribution in [2.45, 2.75) is 40.2 Å². The number of halogens is 1. The Morgan fingerprint density at radius 1 is 1.28 bits per heavy atom. The largest absolute Gasteiger partial charge is 0.476 e.